The minimum atomic E-state index is -0.199. The molecule has 0 fully saturated rings. The fraction of sp³-hybridized carbons (Fsp3) is 0.143. The second-order valence-corrected chi connectivity index (χ2v) is 3.86. The van der Waals surface area contributed by atoms with Gasteiger partial charge in [0, 0.05) is 3.57 Å². The lowest BCUT2D eigenvalue weighted by Gasteiger charge is -2.00. The molecule has 0 amide bonds. The molecule has 10 heavy (non-hydrogen) atoms. The van der Waals surface area contributed by atoms with Gasteiger partial charge in [-0.15, -0.1) is 0 Å². The van der Waals surface area contributed by atoms with E-state index in [0.29, 0.717) is 4.47 Å². The van der Waals surface area contributed by atoms with E-state index in [2.05, 4.69) is 38.5 Å². The van der Waals surface area contributed by atoms with Gasteiger partial charge < -0.3 is 0 Å². The molecule has 0 spiro atoms. The zero-order chi connectivity index (χ0) is 7.72. The molecule has 0 nitrogen and oxygen atoms in total. The molecule has 1 aromatic carbocycles. The number of hydrogen-bond acceptors (Lipinski definition) is 0. The summed E-state index contributed by atoms with van der Waals surface area (Å²) in [7, 11) is 0. The highest BCUT2D eigenvalue weighted by Crippen LogP contribution is 2.24. The van der Waals surface area contributed by atoms with Crippen LogP contribution in [0.25, 0.3) is 0 Å². The average molecular weight is 315 g/mol. The number of hydrogen-bond donors (Lipinski definition) is 0. The van der Waals surface area contributed by atoms with Crippen LogP contribution in [0.3, 0.4) is 0 Å². The van der Waals surface area contributed by atoms with Gasteiger partial charge in [0.2, 0.25) is 0 Å². The van der Waals surface area contributed by atoms with Crippen LogP contribution in [0.2, 0.25) is 0 Å². The van der Waals surface area contributed by atoms with Crippen LogP contribution in [0, 0.1) is 16.3 Å². The predicted octanol–water partition coefficient (Wildman–Crippen LogP) is 3.50. The zero-order valence-electron chi connectivity index (χ0n) is 5.29. The summed E-state index contributed by atoms with van der Waals surface area (Å²) in [4.78, 5) is 0. The fourth-order valence-electron chi connectivity index (χ4n) is 0.622. The summed E-state index contributed by atoms with van der Waals surface area (Å²) < 4.78 is 14.2. The van der Waals surface area contributed by atoms with Crippen molar-refractivity contribution in [3.8, 4) is 0 Å². The van der Waals surface area contributed by atoms with Crippen molar-refractivity contribution in [3.63, 3.8) is 0 Å². The summed E-state index contributed by atoms with van der Waals surface area (Å²) in [5.41, 5.74) is 1.09. The van der Waals surface area contributed by atoms with Crippen molar-refractivity contribution in [1.29, 1.82) is 0 Å². The molecule has 0 unspecified atom stereocenters. The van der Waals surface area contributed by atoms with Gasteiger partial charge in [-0.1, -0.05) is 6.07 Å². The van der Waals surface area contributed by atoms with Crippen molar-refractivity contribution >= 4 is 38.5 Å². The first-order valence-corrected chi connectivity index (χ1v) is 4.60. The maximum absolute atomic E-state index is 12.7. The van der Waals surface area contributed by atoms with Crippen molar-refractivity contribution < 1.29 is 4.39 Å². The van der Waals surface area contributed by atoms with E-state index >= 15 is 0 Å². The lowest BCUT2D eigenvalue weighted by atomic mass is 10.2. The van der Waals surface area contributed by atoms with Gasteiger partial charge in [0.25, 0.3) is 0 Å². The van der Waals surface area contributed by atoms with Crippen LogP contribution in [0.15, 0.2) is 16.6 Å². The number of aryl methyl sites for hydroxylation is 1. The van der Waals surface area contributed by atoms with Crippen molar-refractivity contribution in [1.82, 2.24) is 0 Å². The molecular weight excluding hydrogens is 310 g/mol. The summed E-state index contributed by atoms with van der Waals surface area (Å²) in [5.74, 6) is -0.199. The lowest BCUT2D eigenvalue weighted by molar-refractivity contribution is 0.619. The molecule has 0 aliphatic rings. The molecule has 0 N–H and O–H groups in total. The van der Waals surface area contributed by atoms with E-state index in [9.17, 15) is 4.39 Å². The second-order valence-electron chi connectivity index (χ2n) is 1.99. The molecule has 0 aromatic heterocycles. The Hall–Kier alpha value is 0.360. The topological polar surface area (TPSA) is 0 Å². The highest BCUT2D eigenvalue weighted by atomic mass is 127. The van der Waals surface area contributed by atoms with Crippen molar-refractivity contribution in [2.75, 3.05) is 0 Å². The molecule has 0 heterocycles. The third-order valence-corrected chi connectivity index (χ3v) is 4.13. The van der Waals surface area contributed by atoms with Crippen LogP contribution in [0.4, 0.5) is 4.39 Å². The Balaban J connectivity index is 3.34. The smallest absolute Gasteiger partial charge is 0.138 e. The first-order valence-electron chi connectivity index (χ1n) is 2.73. The third kappa shape index (κ3) is 1.50. The Labute approximate surface area is 81.1 Å². The van der Waals surface area contributed by atoms with Gasteiger partial charge in [-0.25, -0.2) is 4.39 Å². The molecule has 0 saturated carbocycles. The quantitative estimate of drug-likeness (QED) is 0.508. The monoisotopic (exact) mass is 314 g/mol. The summed E-state index contributed by atoms with van der Waals surface area (Å²) in [6.45, 7) is 1.95. The molecule has 54 valence electrons. The van der Waals surface area contributed by atoms with Gasteiger partial charge >= 0.3 is 0 Å². The van der Waals surface area contributed by atoms with E-state index in [0.717, 1.165) is 9.13 Å². The molecule has 0 atom stereocenters. The maximum Gasteiger partial charge on any atom is 0.138 e. The summed E-state index contributed by atoms with van der Waals surface area (Å²) in [6, 6.07) is 3.23. The van der Waals surface area contributed by atoms with Gasteiger partial charge in [0.15, 0.2) is 0 Å². The zero-order valence-corrected chi connectivity index (χ0v) is 9.03. The molecule has 1 rings (SSSR count). The average Bonchev–Trinajstić information content (AvgIpc) is 1.93. The third-order valence-electron chi connectivity index (χ3n) is 1.23. The van der Waals surface area contributed by atoms with Crippen LogP contribution in [0.1, 0.15) is 5.56 Å². The molecule has 0 saturated heterocycles. The van der Waals surface area contributed by atoms with Gasteiger partial charge in [-0.05, 0) is 57.1 Å². The van der Waals surface area contributed by atoms with E-state index < -0.39 is 0 Å². The molecular formula is C7H5BrFI. The molecule has 3 heteroatoms. The van der Waals surface area contributed by atoms with E-state index in [1.165, 1.54) is 6.07 Å². The summed E-state index contributed by atoms with van der Waals surface area (Å²) >= 11 is 5.26. The first-order chi connectivity index (χ1) is 4.63. The molecule has 1 aromatic rings. The van der Waals surface area contributed by atoms with Crippen LogP contribution in [-0.2, 0) is 0 Å². The highest BCUT2D eigenvalue weighted by molar-refractivity contribution is 14.1. The maximum atomic E-state index is 12.7. The predicted molar refractivity (Wildman–Crippen MR) is 51.6 cm³/mol. The van der Waals surface area contributed by atoms with Crippen LogP contribution >= 0.6 is 38.5 Å². The van der Waals surface area contributed by atoms with E-state index in [-0.39, 0.29) is 5.82 Å². The SMILES string of the molecule is Cc1ccc(F)c(Br)c1I. The molecule has 0 bridgehead atoms. The molecule has 0 aliphatic carbocycles. The molecule has 0 radical (unpaired) electrons. The van der Waals surface area contributed by atoms with Crippen molar-refractivity contribution in [2.45, 2.75) is 6.92 Å². The van der Waals surface area contributed by atoms with Gasteiger partial charge in [0.1, 0.15) is 5.82 Å². The molecule has 0 aliphatic heterocycles. The lowest BCUT2D eigenvalue weighted by Crippen LogP contribution is -1.85. The Morgan fingerprint density at radius 3 is 2.60 bits per heavy atom. The minimum Gasteiger partial charge on any atom is -0.206 e. The minimum absolute atomic E-state index is 0.199. The largest absolute Gasteiger partial charge is 0.206 e. The van der Waals surface area contributed by atoms with Crippen LogP contribution in [-0.4, -0.2) is 0 Å². The number of benzene rings is 1. The standard InChI is InChI=1S/C7H5BrFI/c1-4-2-3-5(9)6(8)7(4)10/h2-3H,1H3. The normalized spacial score (nSPS) is 10.0. The van der Waals surface area contributed by atoms with Gasteiger partial charge in [-0.2, -0.15) is 0 Å². The Morgan fingerprint density at radius 1 is 1.50 bits per heavy atom. The first kappa shape index (κ1) is 8.46. The summed E-state index contributed by atoms with van der Waals surface area (Å²) in [5, 5.41) is 0. The van der Waals surface area contributed by atoms with E-state index in [1.807, 2.05) is 6.92 Å². The van der Waals surface area contributed by atoms with Crippen LogP contribution < -0.4 is 0 Å². The summed E-state index contributed by atoms with van der Waals surface area (Å²) in [6.07, 6.45) is 0. The van der Waals surface area contributed by atoms with Crippen molar-refractivity contribution in [2.24, 2.45) is 0 Å². The fourth-order valence-corrected chi connectivity index (χ4v) is 1.50. The van der Waals surface area contributed by atoms with Gasteiger partial charge in [0.05, 0.1) is 4.47 Å². The Morgan fingerprint density at radius 2 is 2.10 bits per heavy atom. The van der Waals surface area contributed by atoms with Gasteiger partial charge in [-0.3, -0.25) is 0 Å². The second kappa shape index (κ2) is 3.17. The number of halogens is 3. The van der Waals surface area contributed by atoms with Crippen molar-refractivity contribution in [3.05, 3.63) is 31.6 Å². The van der Waals surface area contributed by atoms with E-state index in [4.69, 9.17) is 0 Å². The van der Waals surface area contributed by atoms with Crippen LogP contribution in [0.5, 0.6) is 0 Å². The number of rotatable bonds is 0. The Bertz CT molecular complexity index is 233. The highest BCUT2D eigenvalue weighted by Gasteiger charge is 2.04. The Kier molecular flexibility index (Phi) is 2.68. The van der Waals surface area contributed by atoms with E-state index in [1.54, 1.807) is 6.07 Å².